The van der Waals surface area contributed by atoms with Crippen LogP contribution in [0, 0.1) is 0 Å². The van der Waals surface area contributed by atoms with Gasteiger partial charge in [0.05, 0.1) is 11.1 Å². The molecule has 0 unspecified atom stereocenters. The molecule has 0 fully saturated rings. The molecular weight excluding hydrogens is 435 g/mol. The maximum atomic E-state index is 12.9. The number of nitrogens with one attached hydrogen (secondary N) is 2. The minimum atomic E-state index is -4.47. The molecule has 3 rings (SSSR count). The summed E-state index contributed by atoms with van der Waals surface area (Å²) < 4.78 is 39.3. The van der Waals surface area contributed by atoms with E-state index >= 15 is 0 Å². The first kappa shape index (κ1) is 19.9. The topological polar surface area (TPSA) is 54.0 Å². The molecule has 2 N–H and O–H groups in total. The number of benzene rings is 2. The second kappa shape index (κ2) is 8.43. The number of anilines is 2. The number of para-hydroxylation sites is 1. The molecule has 1 heterocycles. The molecule has 2 aromatic carbocycles. The average molecular weight is 450 g/mol. The van der Waals surface area contributed by atoms with Crippen LogP contribution in [-0.4, -0.2) is 10.9 Å². The average Bonchev–Trinajstić information content (AvgIpc) is 2.66. The molecule has 28 heavy (non-hydrogen) atoms. The fourth-order valence-corrected chi connectivity index (χ4v) is 2.97. The third-order valence-electron chi connectivity index (χ3n) is 3.89. The van der Waals surface area contributed by atoms with Gasteiger partial charge in [0.1, 0.15) is 4.60 Å². The van der Waals surface area contributed by atoms with Crippen LogP contribution in [-0.2, 0) is 12.7 Å². The van der Waals surface area contributed by atoms with Crippen molar-refractivity contribution in [3.05, 3.63) is 88.2 Å². The van der Waals surface area contributed by atoms with E-state index in [0.29, 0.717) is 22.4 Å². The second-order valence-electron chi connectivity index (χ2n) is 5.92. The number of alkyl halides is 3. The van der Waals surface area contributed by atoms with Crippen LogP contribution in [0.5, 0.6) is 0 Å². The summed E-state index contributed by atoms with van der Waals surface area (Å²) in [5, 5.41) is 5.69. The van der Waals surface area contributed by atoms with Gasteiger partial charge in [-0.05, 0) is 64.0 Å². The van der Waals surface area contributed by atoms with E-state index in [9.17, 15) is 18.0 Å². The number of rotatable bonds is 5. The zero-order valence-electron chi connectivity index (χ0n) is 14.4. The van der Waals surface area contributed by atoms with Gasteiger partial charge in [-0.25, -0.2) is 4.98 Å². The van der Waals surface area contributed by atoms with Gasteiger partial charge in [0, 0.05) is 24.1 Å². The Labute approximate surface area is 167 Å². The third-order valence-corrected chi connectivity index (χ3v) is 4.33. The molecule has 0 saturated heterocycles. The fourth-order valence-electron chi connectivity index (χ4n) is 2.56. The SMILES string of the molecule is O=C(Nc1cccc(C(F)(F)F)c1)c1ccccc1NCc1ccnc(Br)c1. The van der Waals surface area contributed by atoms with Gasteiger partial charge in [0.15, 0.2) is 0 Å². The lowest BCUT2D eigenvalue weighted by Crippen LogP contribution is -2.15. The van der Waals surface area contributed by atoms with Gasteiger partial charge in [-0.15, -0.1) is 0 Å². The van der Waals surface area contributed by atoms with E-state index in [1.54, 1.807) is 30.5 Å². The predicted molar refractivity (Wildman–Crippen MR) is 105 cm³/mol. The van der Waals surface area contributed by atoms with Crippen molar-refractivity contribution in [1.29, 1.82) is 0 Å². The van der Waals surface area contributed by atoms with Crippen molar-refractivity contribution in [3.63, 3.8) is 0 Å². The highest BCUT2D eigenvalue weighted by atomic mass is 79.9. The Morgan fingerprint density at radius 2 is 1.82 bits per heavy atom. The largest absolute Gasteiger partial charge is 0.416 e. The number of hydrogen-bond donors (Lipinski definition) is 2. The molecule has 3 aromatic rings. The molecule has 0 aliphatic heterocycles. The molecule has 0 bridgehead atoms. The molecule has 1 aromatic heterocycles. The number of halogens is 4. The zero-order chi connectivity index (χ0) is 20.1. The van der Waals surface area contributed by atoms with Gasteiger partial charge in [-0.3, -0.25) is 4.79 Å². The molecule has 144 valence electrons. The number of aromatic nitrogens is 1. The summed E-state index contributed by atoms with van der Waals surface area (Å²) in [7, 11) is 0. The minimum absolute atomic E-state index is 0.0766. The lowest BCUT2D eigenvalue weighted by molar-refractivity contribution is -0.137. The molecule has 0 spiro atoms. The van der Waals surface area contributed by atoms with Gasteiger partial charge < -0.3 is 10.6 Å². The van der Waals surface area contributed by atoms with Crippen LogP contribution in [0.1, 0.15) is 21.5 Å². The molecule has 0 radical (unpaired) electrons. The maximum Gasteiger partial charge on any atom is 0.416 e. The summed E-state index contributed by atoms with van der Waals surface area (Å²) >= 11 is 3.30. The number of nitrogens with zero attached hydrogens (tertiary/aromatic N) is 1. The lowest BCUT2D eigenvalue weighted by Gasteiger charge is -2.13. The van der Waals surface area contributed by atoms with Gasteiger partial charge in [0.25, 0.3) is 5.91 Å². The van der Waals surface area contributed by atoms with Crippen LogP contribution in [0.2, 0.25) is 0 Å². The predicted octanol–water partition coefficient (Wildman–Crippen LogP) is 5.73. The van der Waals surface area contributed by atoms with Crippen LogP contribution in [0.4, 0.5) is 24.5 Å². The first-order chi connectivity index (χ1) is 13.3. The van der Waals surface area contributed by atoms with Crippen LogP contribution < -0.4 is 10.6 Å². The fraction of sp³-hybridized carbons (Fsp3) is 0.100. The first-order valence-corrected chi connectivity index (χ1v) is 9.04. The Hall–Kier alpha value is -2.87. The van der Waals surface area contributed by atoms with Gasteiger partial charge in [-0.1, -0.05) is 18.2 Å². The normalized spacial score (nSPS) is 11.1. The summed E-state index contributed by atoms with van der Waals surface area (Å²) in [5.74, 6) is -0.502. The Kier molecular flexibility index (Phi) is 5.99. The van der Waals surface area contributed by atoms with E-state index in [-0.39, 0.29) is 5.69 Å². The van der Waals surface area contributed by atoms with Crippen LogP contribution in [0.25, 0.3) is 0 Å². The molecule has 0 aliphatic rings. The van der Waals surface area contributed by atoms with Gasteiger partial charge >= 0.3 is 6.18 Å². The molecule has 0 saturated carbocycles. The Bertz CT molecular complexity index is 992. The van der Waals surface area contributed by atoms with Crippen LogP contribution in [0.15, 0.2) is 71.5 Å². The van der Waals surface area contributed by atoms with Crippen LogP contribution >= 0.6 is 15.9 Å². The van der Waals surface area contributed by atoms with Crippen molar-refractivity contribution in [2.75, 3.05) is 10.6 Å². The standard InChI is InChI=1S/C20H15BrF3N3O/c21-18-10-13(8-9-25-18)12-26-17-7-2-1-6-16(17)19(28)27-15-5-3-4-14(11-15)20(22,23)24/h1-11,26H,12H2,(H,27,28). The number of hydrogen-bond acceptors (Lipinski definition) is 3. The minimum Gasteiger partial charge on any atom is -0.380 e. The number of carbonyl (C=O) groups excluding carboxylic acids is 1. The Morgan fingerprint density at radius 1 is 1.04 bits per heavy atom. The molecule has 0 atom stereocenters. The molecule has 0 aliphatic carbocycles. The number of carbonyl (C=O) groups is 1. The van der Waals surface area contributed by atoms with E-state index in [0.717, 1.165) is 17.7 Å². The number of pyridine rings is 1. The van der Waals surface area contributed by atoms with Crippen molar-refractivity contribution >= 4 is 33.2 Å². The summed E-state index contributed by atoms with van der Waals surface area (Å²) in [6, 6.07) is 15.0. The van der Waals surface area contributed by atoms with E-state index in [1.165, 1.54) is 12.1 Å². The van der Waals surface area contributed by atoms with E-state index in [4.69, 9.17) is 0 Å². The molecule has 4 nitrogen and oxygen atoms in total. The lowest BCUT2D eigenvalue weighted by atomic mass is 10.1. The van der Waals surface area contributed by atoms with Crippen molar-refractivity contribution in [2.24, 2.45) is 0 Å². The maximum absolute atomic E-state index is 12.9. The monoisotopic (exact) mass is 449 g/mol. The summed E-state index contributed by atoms with van der Waals surface area (Å²) in [5.41, 5.74) is 1.11. The third kappa shape index (κ3) is 5.10. The zero-order valence-corrected chi connectivity index (χ0v) is 16.0. The van der Waals surface area contributed by atoms with E-state index in [1.807, 2.05) is 12.1 Å². The highest BCUT2D eigenvalue weighted by Gasteiger charge is 2.30. The van der Waals surface area contributed by atoms with E-state index < -0.39 is 17.6 Å². The van der Waals surface area contributed by atoms with Gasteiger partial charge in [0.2, 0.25) is 0 Å². The van der Waals surface area contributed by atoms with Crippen molar-refractivity contribution < 1.29 is 18.0 Å². The molecule has 8 heteroatoms. The summed E-state index contributed by atoms with van der Waals surface area (Å²) in [4.78, 5) is 16.7. The van der Waals surface area contributed by atoms with Crippen molar-refractivity contribution in [3.8, 4) is 0 Å². The van der Waals surface area contributed by atoms with Crippen molar-refractivity contribution in [2.45, 2.75) is 12.7 Å². The van der Waals surface area contributed by atoms with Crippen molar-refractivity contribution in [1.82, 2.24) is 4.98 Å². The van der Waals surface area contributed by atoms with Gasteiger partial charge in [-0.2, -0.15) is 13.2 Å². The molecular formula is C20H15BrF3N3O. The first-order valence-electron chi connectivity index (χ1n) is 8.25. The Morgan fingerprint density at radius 3 is 2.57 bits per heavy atom. The quantitative estimate of drug-likeness (QED) is 0.489. The summed E-state index contributed by atoms with van der Waals surface area (Å²) in [6.07, 6.45) is -2.81. The second-order valence-corrected chi connectivity index (χ2v) is 6.73. The highest BCUT2D eigenvalue weighted by molar-refractivity contribution is 9.10. The number of amides is 1. The van der Waals surface area contributed by atoms with E-state index in [2.05, 4.69) is 31.5 Å². The highest BCUT2D eigenvalue weighted by Crippen LogP contribution is 2.31. The Balaban J connectivity index is 1.76. The smallest absolute Gasteiger partial charge is 0.380 e. The molecule has 1 amide bonds. The summed E-state index contributed by atoms with van der Waals surface area (Å²) in [6.45, 7) is 0.453. The van der Waals surface area contributed by atoms with Crippen LogP contribution in [0.3, 0.4) is 0 Å².